The van der Waals surface area contributed by atoms with Crippen molar-refractivity contribution in [2.45, 2.75) is 46.5 Å². The first-order valence-corrected chi connectivity index (χ1v) is 6.99. The van der Waals surface area contributed by atoms with Crippen LogP contribution < -0.4 is 5.43 Å². The second-order valence-electron chi connectivity index (χ2n) is 6.40. The Bertz CT molecular complexity index is 856. The monoisotopic (exact) mass is 269 g/mol. The number of hydrogen-bond donors (Lipinski definition) is 0. The molecule has 0 saturated heterocycles. The minimum absolute atomic E-state index is 0.0165. The average Bonchev–Trinajstić information content (AvgIpc) is 2.80. The van der Waals surface area contributed by atoms with Crippen molar-refractivity contribution in [1.82, 2.24) is 14.8 Å². The van der Waals surface area contributed by atoms with Crippen LogP contribution in [0.5, 0.6) is 0 Å². The number of pyridine rings is 1. The molecule has 3 aromatic rings. The zero-order valence-electron chi connectivity index (χ0n) is 12.6. The van der Waals surface area contributed by atoms with Crippen LogP contribution in [0.15, 0.2) is 16.9 Å². The molecular formula is C16H19N3O. The summed E-state index contributed by atoms with van der Waals surface area (Å²) in [5.74, 6) is 0. The van der Waals surface area contributed by atoms with Crippen LogP contribution in [0.4, 0.5) is 0 Å². The van der Waals surface area contributed by atoms with Crippen LogP contribution in [0.2, 0.25) is 0 Å². The third kappa shape index (κ3) is 1.64. The minimum Gasteiger partial charge on any atom is -0.289 e. The highest BCUT2D eigenvalue weighted by Crippen LogP contribution is 2.28. The molecule has 0 saturated carbocycles. The molecule has 0 atom stereocenters. The number of nitrogens with zero attached hydrogens (tertiary/aromatic N) is 3. The van der Waals surface area contributed by atoms with Gasteiger partial charge < -0.3 is 0 Å². The van der Waals surface area contributed by atoms with Gasteiger partial charge in [-0.1, -0.05) is 32.9 Å². The maximum Gasteiger partial charge on any atom is 0.192 e. The van der Waals surface area contributed by atoms with E-state index < -0.39 is 0 Å². The van der Waals surface area contributed by atoms with Gasteiger partial charge in [0.25, 0.3) is 0 Å². The van der Waals surface area contributed by atoms with Crippen LogP contribution >= 0.6 is 0 Å². The predicted octanol–water partition coefficient (Wildman–Crippen LogP) is 2.85. The molecule has 0 aliphatic heterocycles. The molecule has 0 spiro atoms. The first-order chi connectivity index (χ1) is 9.34. The Kier molecular flexibility index (Phi) is 2.61. The summed E-state index contributed by atoms with van der Waals surface area (Å²) in [5.41, 5.74) is 4.59. The Labute approximate surface area is 117 Å². The summed E-state index contributed by atoms with van der Waals surface area (Å²) < 4.78 is 1.83. The molecule has 104 valence electrons. The summed E-state index contributed by atoms with van der Waals surface area (Å²) >= 11 is 0. The quantitative estimate of drug-likeness (QED) is 0.682. The molecule has 20 heavy (non-hydrogen) atoms. The van der Waals surface area contributed by atoms with Crippen LogP contribution in [-0.4, -0.2) is 14.8 Å². The predicted molar refractivity (Wildman–Crippen MR) is 80.8 cm³/mol. The van der Waals surface area contributed by atoms with Crippen molar-refractivity contribution < 1.29 is 0 Å². The summed E-state index contributed by atoms with van der Waals surface area (Å²) in [4.78, 5) is 12.6. The molecule has 0 amide bonds. The van der Waals surface area contributed by atoms with Crippen molar-refractivity contribution in [3.05, 3.63) is 39.2 Å². The third-order valence-corrected chi connectivity index (χ3v) is 4.02. The van der Waals surface area contributed by atoms with E-state index in [2.05, 4.69) is 31.1 Å². The SMILES string of the molecule is CCc1c(C)c(=O)c2cc(C(C)(C)C)cc3nnn1c32. The highest BCUT2D eigenvalue weighted by Gasteiger charge is 2.21. The van der Waals surface area contributed by atoms with E-state index in [1.165, 1.54) is 0 Å². The standard InChI is InChI=1S/C16H19N3O/c1-6-13-9(2)15(20)11-7-10(16(3,4)5)8-12-14(11)19(13)18-17-12/h7-8H,6H2,1-5H3. The summed E-state index contributed by atoms with van der Waals surface area (Å²) in [7, 11) is 0. The van der Waals surface area contributed by atoms with Gasteiger partial charge in [-0.15, -0.1) is 5.10 Å². The van der Waals surface area contributed by atoms with E-state index in [0.29, 0.717) is 0 Å². The molecule has 0 aliphatic carbocycles. The zero-order valence-corrected chi connectivity index (χ0v) is 12.6. The fourth-order valence-corrected chi connectivity index (χ4v) is 2.76. The Morgan fingerprint density at radius 1 is 1.25 bits per heavy atom. The maximum absolute atomic E-state index is 12.6. The van der Waals surface area contributed by atoms with Gasteiger partial charge in [-0.2, -0.15) is 0 Å². The van der Waals surface area contributed by atoms with Gasteiger partial charge in [-0.25, -0.2) is 4.52 Å². The van der Waals surface area contributed by atoms with Gasteiger partial charge in [0.1, 0.15) is 11.0 Å². The van der Waals surface area contributed by atoms with Gasteiger partial charge in [0, 0.05) is 5.56 Å². The van der Waals surface area contributed by atoms with E-state index in [9.17, 15) is 4.79 Å². The van der Waals surface area contributed by atoms with Gasteiger partial charge in [0.2, 0.25) is 0 Å². The molecule has 0 aliphatic rings. The topological polar surface area (TPSA) is 47.3 Å². The second kappa shape index (κ2) is 4.01. The molecule has 0 bridgehead atoms. The largest absolute Gasteiger partial charge is 0.289 e. The zero-order chi connectivity index (χ0) is 14.7. The van der Waals surface area contributed by atoms with Crippen LogP contribution in [0.3, 0.4) is 0 Å². The van der Waals surface area contributed by atoms with Crippen LogP contribution in [-0.2, 0) is 11.8 Å². The molecule has 0 unspecified atom stereocenters. The maximum atomic E-state index is 12.6. The van der Waals surface area contributed by atoms with Crippen molar-refractivity contribution >= 4 is 16.4 Å². The third-order valence-electron chi connectivity index (χ3n) is 4.02. The summed E-state index contributed by atoms with van der Waals surface area (Å²) in [5, 5.41) is 9.23. The lowest BCUT2D eigenvalue weighted by atomic mass is 9.86. The molecule has 4 heteroatoms. The summed E-state index contributed by atoms with van der Waals surface area (Å²) in [6.07, 6.45) is 0.774. The van der Waals surface area contributed by atoms with Crippen molar-refractivity contribution in [2.24, 2.45) is 0 Å². The van der Waals surface area contributed by atoms with Crippen molar-refractivity contribution in [2.75, 3.05) is 0 Å². The fourth-order valence-electron chi connectivity index (χ4n) is 2.76. The van der Waals surface area contributed by atoms with Crippen molar-refractivity contribution in [3.63, 3.8) is 0 Å². The summed E-state index contributed by atoms with van der Waals surface area (Å²) in [6, 6.07) is 4.05. The number of hydrogen-bond acceptors (Lipinski definition) is 3. The van der Waals surface area contributed by atoms with Crippen molar-refractivity contribution in [1.29, 1.82) is 0 Å². The first kappa shape index (κ1) is 13.0. The van der Waals surface area contributed by atoms with Crippen LogP contribution in [0.1, 0.15) is 44.5 Å². The van der Waals surface area contributed by atoms with E-state index in [4.69, 9.17) is 0 Å². The van der Waals surface area contributed by atoms with E-state index >= 15 is 0 Å². The van der Waals surface area contributed by atoms with Gasteiger partial charge in [-0.05, 0) is 36.5 Å². The molecule has 1 aromatic carbocycles. The van der Waals surface area contributed by atoms with Crippen LogP contribution in [0, 0.1) is 6.92 Å². The molecule has 0 radical (unpaired) electrons. The minimum atomic E-state index is -0.0165. The molecule has 2 heterocycles. The molecule has 4 nitrogen and oxygen atoms in total. The highest BCUT2D eigenvalue weighted by molar-refractivity contribution is 5.94. The van der Waals surface area contributed by atoms with Gasteiger partial charge in [0.15, 0.2) is 5.43 Å². The van der Waals surface area contributed by atoms with Gasteiger partial charge in [0.05, 0.1) is 11.1 Å². The Balaban J connectivity index is 2.55. The number of aryl methyl sites for hydroxylation is 1. The van der Waals surface area contributed by atoms with Gasteiger partial charge in [-0.3, -0.25) is 4.79 Å². The smallest absolute Gasteiger partial charge is 0.192 e. The van der Waals surface area contributed by atoms with E-state index in [1.54, 1.807) is 0 Å². The molecular weight excluding hydrogens is 250 g/mol. The van der Waals surface area contributed by atoms with Gasteiger partial charge >= 0.3 is 0 Å². The summed E-state index contributed by atoms with van der Waals surface area (Å²) in [6.45, 7) is 10.3. The van der Waals surface area contributed by atoms with Crippen molar-refractivity contribution in [3.8, 4) is 0 Å². The number of rotatable bonds is 1. The fraction of sp³-hybridized carbons (Fsp3) is 0.438. The Hall–Kier alpha value is -1.97. The normalized spacial score (nSPS) is 12.7. The highest BCUT2D eigenvalue weighted by atomic mass is 16.1. The molecule has 0 N–H and O–H groups in total. The second-order valence-corrected chi connectivity index (χ2v) is 6.40. The lowest BCUT2D eigenvalue weighted by molar-refractivity contribution is 0.591. The molecule has 2 aromatic heterocycles. The molecule has 3 rings (SSSR count). The van der Waals surface area contributed by atoms with E-state index in [-0.39, 0.29) is 10.8 Å². The lowest BCUT2D eigenvalue weighted by Crippen LogP contribution is -2.16. The lowest BCUT2D eigenvalue weighted by Gasteiger charge is -2.19. The average molecular weight is 269 g/mol. The first-order valence-electron chi connectivity index (χ1n) is 6.99. The Morgan fingerprint density at radius 2 is 1.95 bits per heavy atom. The Morgan fingerprint density at radius 3 is 2.55 bits per heavy atom. The molecule has 0 fully saturated rings. The van der Waals surface area contributed by atoms with Crippen LogP contribution in [0.25, 0.3) is 16.4 Å². The number of aromatic nitrogens is 3. The number of benzene rings is 1. The van der Waals surface area contributed by atoms with E-state index in [1.807, 2.05) is 30.5 Å². The van der Waals surface area contributed by atoms with E-state index in [0.717, 1.165) is 39.7 Å².